The molecular weight excluding hydrogens is 192 g/mol. The Kier molecular flexibility index (Phi) is 3.29. The van der Waals surface area contributed by atoms with Crippen LogP contribution in [-0.4, -0.2) is 12.1 Å². The fourth-order valence-electron chi connectivity index (χ4n) is 1.11. The maximum absolute atomic E-state index is 11.5. The number of nitrogens with zero attached hydrogens (tertiary/aromatic N) is 1. The summed E-state index contributed by atoms with van der Waals surface area (Å²) in [5.74, 6) is -0.565. The molecule has 0 amide bonds. The quantitative estimate of drug-likeness (QED) is 0.587. The number of nitriles is 1. The van der Waals surface area contributed by atoms with Crippen molar-refractivity contribution in [2.45, 2.75) is 20.0 Å². The second-order valence-electron chi connectivity index (χ2n) is 3.21. The molecule has 0 bridgehead atoms. The highest BCUT2D eigenvalue weighted by Gasteiger charge is 2.14. The standard InChI is InChI=1S/C11H12N2O2/c1-7-4-3-5-9(10(7)13)11(14)15-8(2)6-12/h3-5,8H,13H2,1-2H3. The molecular formula is C11H12N2O2. The van der Waals surface area contributed by atoms with Crippen molar-refractivity contribution in [3.63, 3.8) is 0 Å². The van der Waals surface area contributed by atoms with Gasteiger partial charge in [-0.1, -0.05) is 12.1 Å². The Balaban J connectivity index is 2.93. The molecule has 0 radical (unpaired) electrons. The molecule has 2 N–H and O–H groups in total. The third-order valence-corrected chi connectivity index (χ3v) is 2.01. The second-order valence-corrected chi connectivity index (χ2v) is 3.21. The van der Waals surface area contributed by atoms with Gasteiger partial charge in [-0.05, 0) is 25.5 Å². The lowest BCUT2D eigenvalue weighted by atomic mass is 10.1. The number of esters is 1. The summed E-state index contributed by atoms with van der Waals surface area (Å²) >= 11 is 0. The van der Waals surface area contributed by atoms with Crippen molar-refractivity contribution in [2.75, 3.05) is 5.73 Å². The van der Waals surface area contributed by atoms with Crippen LogP contribution in [0.1, 0.15) is 22.8 Å². The number of hydrogen-bond acceptors (Lipinski definition) is 4. The van der Waals surface area contributed by atoms with Gasteiger partial charge in [0.25, 0.3) is 0 Å². The van der Waals surface area contributed by atoms with E-state index in [1.807, 2.05) is 6.07 Å². The van der Waals surface area contributed by atoms with Crippen LogP contribution in [0.5, 0.6) is 0 Å². The van der Waals surface area contributed by atoms with Crippen molar-refractivity contribution >= 4 is 11.7 Å². The molecule has 78 valence electrons. The summed E-state index contributed by atoms with van der Waals surface area (Å²) in [7, 11) is 0. The van der Waals surface area contributed by atoms with Crippen molar-refractivity contribution in [3.05, 3.63) is 29.3 Å². The van der Waals surface area contributed by atoms with Gasteiger partial charge < -0.3 is 10.5 Å². The summed E-state index contributed by atoms with van der Waals surface area (Å²) in [4.78, 5) is 11.5. The van der Waals surface area contributed by atoms with Gasteiger partial charge in [-0.2, -0.15) is 5.26 Å². The van der Waals surface area contributed by atoms with Gasteiger partial charge >= 0.3 is 5.97 Å². The van der Waals surface area contributed by atoms with Crippen molar-refractivity contribution in [1.82, 2.24) is 0 Å². The summed E-state index contributed by atoms with van der Waals surface area (Å²) in [5, 5.41) is 8.50. The summed E-state index contributed by atoms with van der Waals surface area (Å²) in [6.45, 7) is 3.31. The first-order chi connectivity index (χ1) is 7.06. The first-order valence-corrected chi connectivity index (χ1v) is 4.52. The third kappa shape index (κ3) is 2.47. The SMILES string of the molecule is Cc1cccc(C(=O)OC(C)C#N)c1N. The van der Waals surface area contributed by atoms with E-state index < -0.39 is 12.1 Å². The van der Waals surface area contributed by atoms with Crippen LogP contribution >= 0.6 is 0 Å². The molecule has 1 aromatic carbocycles. The number of nitrogen functional groups attached to an aromatic ring is 1. The minimum atomic E-state index is -0.766. The molecule has 0 fully saturated rings. The largest absolute Gasteiger partial charge is 0.444 e. The lowest BCUT2D eigenvalue weighted by molar-refractivity contribution is 0.0436. The smallest absolute Gasteiger partial charge is 0.341 e. The molecule has 0 spiro atoms. The van der Waals surface area contributed by atoms with E-state index in [4.69, 9.17) is 15.7 Å². The molecule has 15 heavy (non-hydrogen) atoms. The van der Waals surface area contributed by atoms with Gasteiger partial charge in [0.05, 0.1) is 5.56 Å². The number of rotatable bonds is 2. The lowest BCUT2D eigenvalue weighted by Gasteiger charge is -2.09. The first kappa shape index (κ1) is 11.1. The maximum Gasteiger partial charge on any atom is 0.341 e. The Hall–Kier alpha value is -2.02. The summed E-state index contributed by atoms with van der Waals surface area (Å²) in [5.41, 5.74) is 7.23. The molecule has 0 saturated heterocycles. The average Bonchev–Trinajstić information content (AvgIpc) is 2.21. The van der Waals surface area contributed by atoms with Crippen molar-refractivity contribution in [1.29, 1.82) is 5.26 Å². The first-order valence-electron chi connectivity index (χ1n) is 4.52. The van der Waals surface area contributed by atoms with Crippen LogP contribution < -0.4 is 5.73 Å². The Morgan fingerprint density at radius 1 is 1.60 bits per heavy atom. The Labute approximate surface area is 88.3 Å². The number of carbonyl (C=O) groups excluding carboxylic acids is 1. The molecule has 1 unspecified atom stereocenters. The van der Waals surface area contributed by atoms with Crippen LogP contribution in [0, 0.1) is 18.3 Å². The number of aryl methyl sites for hydroxylation is 1. The molecule has 4 nitrogen and oxygen atoms in total. The van der Waals surface area contributed by atoms with E-state index in [1.165, 1.54) is 6.92 Å². The van der Waals surface area contributed by atoms with Crippen LogP contribution in [0.4, 0.5) is 5.69 Å². The Morgan fingerprint density at radius 3 is 2.87 bits per heavy atom. The Morgan fingerprint density at radius 2 is 2.27 bits per heavy atom. The zero-order chi connectivity index (χ0) is 11.4. The van der Waals surface area contributed by atoms with Crippen LogP contribution in [0.25, 0.3) is 0 Å². The number of anilines is 1. The van der Waals surface area contributed by atoms with Gasteiger partial charge in [0.2, 0.25) is 0 Å². The van der Waals surface area contributed by atoms with Crippen LogP contribution in [0.15, 0.2) is 18.2 Å². The minimum absolute atomic E-state index is 0.303. The molecule has 0 aliphatic carbocycles. The Bertz CT molecular complexity index is 421. The number of ether oxygens (including phenoxy) is 1. The van der Waals surface area contributed by atoms with Gasteiger partial charge in [0.1, 0.15) is 6.07 Å². The molecule has 0 saturated carbocycles. The van der Waals surface area contributed by atoms with E-state index in [0.29, 0.717) is 11.3 Å². The lowest BCUT2D eigenvalue weighted by Crippen LogP contribution is -2.15. The summed E-state index contributed by atoms with van der Waals surface area (Å²) in [6, 6.07) is 6.92. The molecule has 1 aromatic rings. The molecule has 0 aromatic heterocycles. The molecule has 4 heteroatoms. The van der Waals surface area contributed by atoms with E-state index in [-0.39, 0.29) is 0 Å². The van der Waals surface area contributed by atoms with Crippen molar-refractivity contribution in [2.24, 2.45) is 0 Å². The number of para-hydroxylation sites is 1. The molecule has 1 atom stereocenters. The predicted molar refractivity (Wildman–Crippen MR) is 56.1 cm³/mol. The zero-order valence-electron chi connectivity index (χ0n) is 8.65. The fourth-order valence-corrected chi connectivity index (χ4v) is 1.11. The fraction of sp³-hybridized carbons (Fsp3) is 0.273. The van der Waals surface area contributed by atoms with E-state index in [9.17, 15) is 4.79 Å². The highest BCUT2D eigenvalue weighted by molar-refractivity contribution is 5.95. The van der Waals surface area contributed by atoms with Gasteiger partial charge in [-0.25, -0.2) is 4.79 Å². The maximum atomic E-state index is 11.5. The van der Waals surface area contributed by atoms with E-state index in [2.05, 4.69) is 0 Å². The summed E-state index contributed by atoms with van der Waals surface area (Å²) in [6.07, 6.45) is -0.766. The number of carbonyl (C=O) groups is 1. The van der Waals surface area contributed by atoms with Crippen molar-refractivity contribution in [3.8, 4) is 6.07 Å². The monoisotopic (exact) mass is 204 g/mol. The highest BCUT2D eigenvalue weighted by Crippen LogP contribution is 2.17. The number of hydrogen-bond donors (Lipinski definition) is 1. The van der Waals surface area contributed by atoms with Crippen LogP contribution in [-0.2, 0) is 4.74 Å². The van der Waals surface area contributed by atoms with Gasteiger partial charge in [-0.3, -0.25) is 0 Å². The predicted octanol–water partition coefficient (Wildman–Crippen LogP) is 1.65. The average molecular weight is 204 g/mol. The van der Waals surface area contributed by atoms with E-state index >= 15 is 0 Å². The molecule has 0 aliphatic heterocycles. The van der Waals surface area contributed by atoms with E-state index in [1.54, 1.807) is 25.1 Å². The summed E-state index contributed by atoms with van der Waals surface area (Å²) < 4.78 is 4.84. The van der Waals surface area contributed by atoms with Gasteiger partial charge in [0.15, 0.2) is 6.10 Å². The van der Waals surface area contributed by atoms with Gasteiger partial charge in [-0.15, -0.1) is 0 Å². The van der Waals surface area contributed by atoms with Crippen LogP contribution in [0.2, 0.25) is 0 Å². The molecule has 1 rings (SSSR count). The van der Waals surface area contributed by atoms with Crippen molar-refractivity contribution < 1.29 is 9.53 Å². The molecule has 0 heterocycles. The van der Waals surface area contributed by atoms with Gasteiger partial charge in [0, 0.05) is 5.69 Å². The third-order valence-electron chi connectivity index (χ3n) is 2.01. The second kappa shape index (κ2) is 4.47. The number of benzene rings is 1. The molecule has 0 aliphatic rings. The minimum Gasteiger partial charge on any atom is -0.444 e. The normalized spacial score (nSPS) is 11.5. The number of nitrogens with two attached hydrogens (primary N) is 1. The topological polar surface area (TPSA) is 76.1 Å². The van der Waals surface area contributed by atoms with E-state index in [0.717, 1.165) is 5.56 Å². The zero-order valence-corrected chi connectivity index (χ0v) is 8.65. The van der Waals surface area contributed by atoms with Crippen LogP contribution in [0.3, 0.4) is 0 Å². The highest BCUT2D eigenvalue weighted by atomic mass is 16.5.